The lowest BCUT2D eigenvalue weighted by Gasteiger charge is -2.11. The summed E-state index contributed by atoms with van der Waals surface area (Å²) in [6, 6.07) is 11.8. The summed E-state index contributed by atoms with van der Waals surface area (Å²) in [6.07, 6.45) is 4.92. The van der Waals surface area contributed by atoms with Crippen molar-refractivity contribution in [1.82, 2.24) is 20.3 Å². The van der Waals surface area contributed by atoms with Gasteiger partial charge in [0.25, 0.3) is 11.5 Å². The van der Waals surface area contributed by atoms with E-state index in [9.17, 15) is 9.59 Å². The number of pyridine rings is 1. The molecule has 0 fully saturated rings. The number of hydrogen-bond acceptors (Lipinski definition) is 5. The molecule has 3 heterocycles. The number of thiophene rings is 1. The zero-order valence-corrected chi connectivity index (χ0v) is 15.6. The minimum absolute atomic E-state index is 0.0590. The third-order valence-corrected chi connectivity index (χ3v) is 5.98. The fraction of sp³-hybridized carbons (Fsp3) is 0.143. The number of nitrogens with one attached hydrogen (secondary N) is 2. The molecule has 0 radical (unpaired) electrons. The van der Waals surface area contributed by atoms with Gasteiger partial charge in [0.05, 0.1) is 5.39 Å². The van der Waals surface area contributed by atoms with E-state index in [0.717, 1.165) is 18.4 Å². The second-order valence-electron chi connectivity index (χ2n) is 6.82. The summed E-state index contributed by atoms with van der Waals surface area (Å²) < 4.78 is 0. The van der Waals surface area contributed by atoms with Gasteiger partial charge in [0, 0.05) is 29.4 Å². The maximum atomic E-state index is 12.9. The molecule has 28 heavy (non-hydrogen) atoms. The summed E-state index contributed by atoms with van der Waals surface area (Å²) in [5.41, 5.74) is 3.49. The first-order valence-electron chi connectivity index (χ1n) is 8.98. The van der Waals surface area contributed by atoms with E-state index in [1.165, 1.54) is 22.5 Å². The lowest BCUT2D eigenvalue weighted by atomic mass is 10.1. The van der Waals surface area contributed by atoms with Gasteiger partial charge in [-0.15, -0.1) is 11.3 Å². The Kier molecular flexibility index (Phi) is 4.02. The number of fused-ring (bicyclic) bond motifs is 2. The van der Waals surface area contributed by atoms with Crippen molar-refractivity contribution in [3.05, 3.63) is 80.5 Å². The average Bonchev–Trinajstić information content (AvgIpc) is 3.32. The minimum Gasteiger partial charge on any atom is -0.348 e. The highest BCUT2D eigenvalue weighted by molar-refractivity contribution is 7.13. The Morgan fingerprint density at radius 3 is 2.54 bits per heavy atom. The van der Waals surface area contributed by atoms with E-state index in [-0.39, 0.29) is 17.5 Å². The molecule has 1 aliphatic carbocycles. The zero-order valence-electron chi connectivity index (χ0n) is 14.8. The van der Waals surface area contributed by atoms with Crippen LogP contribution in [0.1, 0.15) is 20.8 Å². The van der Waals surface area contributed by atoms with Gasteiger partial charge in [-0.1, -0.05) is 24.3 Å². The molecule has 6 nitrogen and oxygen atoms in total. The van der Waals surface area contributed by atoms with E-state index in [2.05, 4.69) is 32.4 Å². The third kappa shape index (κ3) is 2.90. The lowest BCUT2D eigenvalue weighted by molar-refractivity contribution is 0.0944. The molecule has 2 N–H and O–H groups in total. The van der Waals surface area contributed by atoms with Crippen molar-refractivity contribution in [2.45, 2.75) is 18.9 Å². The molecule has 0 saturated heterocycles. The Bertz CT molecular complexity index is 1220. The van der Waals surface area contributed by atoms with E-state index in [1.54, 1.807) is 29.9 Å². The molecule has 1 aromatic carbocycles. The first-order chi connectivity index (χ1) is 13.7. The lowest BCUT2D eigenvalue weighted by Crippen LogP contribution is -2.35. The van der Waals surface area contributed by atoms with E-state index in [0.29, 0.717) is 21.6 Å². The number of nitrogens with zero attached hydrogens (tertiary/aromatic N) is 2. The summed E-state index contributed by atoms with van der Waals surface area (Å²) >= 11 is 1.25. The molecule has 1 aliphatic rings. The predicted octanol–water partition coefficient (Wildman–Crippen LogP) is 2.94. The van der Waals surface area contributed by atoms with Crippen molar-refractivity contribution in [3.63, 3.8) is 0 Å². The Labute approximate surface area is 164 Å². The van der Waals surface area contributed by atoms with Crippen LogP contribution in [0.15, 0.2) is 59.0 Å². The molecule has 4 aromatic rings. The standard InChI is InChI=1S/C21H16N4O2S/c26-20-16-11-28-18(17(16)24-19(25-20)12-5-7-22-8-6-12)21(27)23-15-9-13-3-1-2-4-14(13)10-15/h1-8,11,15H,9-10H2,(H,23,27)(H,24,25,26). The van der Waals surface area contributed by atoms with Crippen LogP contribution in [0.25, 0.3) is 22.3 Å². The number of carbonyl (C=O) groups excluding carboxylic acids is 1. The summed E-state index contributed by atoms with van der Waals surface area (Å²) in [7, 11) is 0. The molecule has 0 unspecified atom stereocenters. The van der Waals surface area contributed by atoms with Crippen molar-refractivity contribution < 1.29 is 4.79 Å². The quantitative estimate of drug-likeness (QED) is 0.565. The number of aromatic nitrogens is 3. The van der Waals surface area contributed by atoms with Crippen molar-refractivity contribution >= 4 is 28.1 Å². The van der Waals surface area contributed by atoms with E-state index in [1.807, 2.05) is 12.1 Å². The monoisotopic (exact) mass is 388 g/mol. The fourth-order valence-electron chi connectivity index (χ4n) is 3.66. The number of H-pyrrole nitrogens is 1. The van der Waals surface area contributed by atoms with Gasteiger partial charge in [-0.2, -0.15) is 0 Å². The van der Waals surface area contributed by atoms with Crippen molar-refractivity contribution in [2.75, 3.05) is 0 Å². The smallest absolute Gasteiger partial charge is 0.263 e. The molecule has 3 aromatic heterocycles. The average molecular weight is 388 g/mol. The highest BCUT2D eigenvalue weighted by atomic mass is 32.1. The Morgan fingerprint density at radius 2 is 1.82 bits per heavy atom. The van der Waals surface area contributed by atoms with E-state index in [4.69, 9.17) is 0 Å². The molecule has 7 heteroatoms. The summed E-state index contributed by atoms with van der Waals surface area (Å²) in [4.78, 5) is 37.2. The predicted molar refractivity (Wildman–Crippen MR) is 109 cm³/mol. The number of rotatable bonds is 3. The zero-order chi connectivity index (χ0) is 19.1. The molecule has 0 aliphatic heterocycles. The molecule has 5 rings (SSSR count). The van der Waals surface area contributed by atoms with Gasteiger partial charge in [0.15, 0.2) is 0 Å². The van der Waals surface area contributed by atoms with Gasteiger partial charge in [-0.05, 0) is 36.1 Å². The largest absolute Gasteiger partial charge is 0.348 e. The van der Waals surface area contributed by atoms with Gasteiger partial charge < -0.3 is 10.3 Å². The highest BCUT2D eigenvalue weighted by Crippen LogP contribution is 2.26. The normalized spacial score (nSPS) is 13.6. The topological polar surface area (TPSA) is 87.7 Å². The van der Waals surface area contributed by atoms with Crippen molar-refractivity contribution in [2.24, 2.45) is 0 Å². The van der Waals surface area contributed by atoms with Crippen LogP contribution < -0.4 is 10.9 Å². The number of amides is 1. The molecule has 1 amide bonds. The Morgan fingerprint density at radius 1 is 1.11 bits per heavy atom. The van der Waals surface area contributed by atoms with Crippen LogP contribution in [-0.2, 0) is 12.8 Å². The molecule has 0 atom stereocenters. The first kappa shape index (κ1) is 16.8. The van der Waals surface area contributed by atoms with E-state index < -0.39 is 0 Å². The molecule has 0 saturated carbocycles. The number of hydrogen-bond donors (Lipinski definition) is 2. The van der Waals surface area contributed by atoms with Crippen LogP contribution in [0.4, 0.5) is 0 Å². The van der Waals surface area contributed by atoms with Gasteiger partial charge in [0.1, 0.15) is 16.2 Å². The van der Waals surface area contributed by atoms with Crippen LogP contribution in [0.5, 0.6) is 0 Å². The number of aromatic amines is 1. The van der Waals surface area contributed by atoms with Crippen LogP contribution in [0.3, 0.4) is 0 Å². The Hall–Kier alpha value is -3.32. The maximum Gasteiger partial charge on any atom is 0.263 e. The van der Waals surface area contributed by atoms with Gasteiger partial charge >= 0.3 is 0 Å². The SMILES string of the molecule is O=C(NC1Cc2ccccc2C1)c1scc2c(=O)[nH]c(-c3ccncc3)nc12. The summed E-state index contributed by atoms with van der Waals surface area (Å²) in [5.74, 6) is 0.247. The molecule has 0 bridgehead atoms. The minimum atomic E-state index is -0.250. The molecule has 138 valence electrons. The molecular weight excluding hydrogens is 372 g/mol. The van der Waals surface area contributed by atoms with Crippen LogP contribution in [0, 0.1) is 0 Å². The Balaban J connectivity index is 1.47. The highest BCUT2D eigenvalue weighted by Gasteiger charge is 2.25. The molecular formula is C21H16N4O2S. The van der Waals surface area contributed by atoms with Crippen molar-refractivity contribution in [3.8, 4) is 11.4 Å². The fourth-order valence-corrected chi connectivity index (χ4v) is 4.55. The summed E-state index contributed by atoms with van der Waals surface area (Å²) in [6.45, 7) is 0. The first-order valence-corrected chi connectivity index (χ1v) is 9.86. The van der Waals surface area contributed by atoms with Gasteiger partial charge in [-0.3, -0.25) is 14.6 Å². The van der Waals surface area contributed by atoms with Crippen LogP contribution in [0.2, 0.25) is 0 Å². The summed E-state index contributed by atoms with van der Waals surface area (Å²) in [5, 5.41) is 5.23. The number of carbonyl (C=O) groups is 1. The maximum absolute atomic E-state index is 12.9. The van der Waals surface area contributed by atoms with E-state index >= 15 is 0 Å². The third-order valence-electron chi connectivity index (χ3n) is 5.01. The van der Waals surface area contributed by atoms with Gasteiger partial charge in [-0.25, -0.2) is 4.98 Å². The van der Waals surface area contributed by atoms with Crippen LogP contribution >= 0.6 is 11.3 Å². The second-order valence-corrected chi connectivity index (χ2v) is 7.70. The van der Waals surface area contributed by atoms with Crippen molar-refractivity contribution in [1.29, 1.82) is 0 Å². The number of benzene rings is 1. The van der Waals surface area contributed by atoms with Crippen LogP contribution in [-0.4, -0.2) is 26.9 Å². The van der Waals surface area contributed by atoms with Gasteiger partial charge in [0.2, 0.25) is 0 Å². The molecule has 0 spiro atoms. The second kappa shape index (κ2) is 6.69.